The minimum Gasteiger partial charge on any atom is -0.497 e. The molecule has 1 heterocycles. The van der Waals surface area contributed by atoms with E-state index in [0.29, 0.717) is 6.54 Å². The SMILES string of the molecule is COc1ccc(CNc2cccc3[nH]ccc23)c(OC)c1. The number of hydrogen-bond donors (Lipinski definition) is 2. The van der Waals surface area contributed by atoms with E-state index in [9.17, 15) is 0 Å². The number of aromatic nitrogens is 1. The van der Waals surface area contributed by atoms with Crippen molar-refractivity contribution >= 4 is 16.6 Å². The second-order valence-corrected chi connectivity index (χ2v) is 4.78. The minimum atomic E-state index is 0.692. The molecule has 2 N–H and O–H groups in total. The van der Waals surface area contributed by atoms with Crippen molar-refractivity contribution in [2.24, 2.45) is 0 Å². The van der Waals surface area contributed by atoms with E-state index in [4.69, 9.17) is 9.47 Å². The first kappa shape index (κ1) is 13.4. The average molecular weight is 282 g/mol. The number of fused-ring (bicyclic) bond motifs is 1. The lowest BCUT2D eigenvalue weighted by Gasteiger charge is -2.12. The summed E-state index contributed by atoms with van der Waals surface area (Å²) < 4.78 is 10.6. The molecule has 4 nitrogen and oxygen atoms in total. The van der Waals surface area contributed by atoms with Gasteiger partial charge in [0.2, 0.25) is 0 Å². The van der Waals surface area contributed by atoms with Crippen LogP contribution in [-0.2, 0) is 6.54 Å². The fourth-order valence-electron chi connectivity index (χ4n) is 2.43. The molecule has 0 bridgehead atoms. The molecule has 1 aromatic heterocycles. The van der Waals surface area contributed by atoms with Gasteiger partial charge in [0.05, 0.1) is 14.2 Å². The van der Waals surface area contributed by atoms with E-state index in [1.165, 1.54) is 5.39 Å². The molecule has 0 atom stereocenters. The maximum Gasteiger partial charge on any atom is 0.127 e. The predicted octanol–water partition coefficient (Wildman–Crippen LogP) is 3.80. The van der Waals surface area contributed by atoms with Crippen molar-refractivity contribution in [2.75, 3.05) is 19.5 Å². The number of aromatic amines is 1. The summed E-state index contributed by atoms with van der Waals surface area (Å²) in [4.78, 5) is 3.21. The normalized spacial score (nSPS) is 10.6. The van der Waals surface area contributed by atoms with Crippen LogP contribution in [0.1, 0.15) is 5.56 Å². The van der Waals surface area contributed by atoms with Crippen LogP contribution >= 0.6 is 0 Å². The first-order valence-corrected chi connectivity index (χ1v) is 6.82. The number of anilines is 1. The minimum absolute atomic E-state index is 0.692. The summed E-state index contributed by atoms with van der Waals surface area (Å²) in [6.45, 7) is 0.692. The van der Waals surface area contributed by atoms with Crippen LogP contribution in [0.2, 0.25) is 0 Å². The van der Waals surface area contributed by atoms with Gasteiger partial charge in [-0.2, -0.15) is 0 Å². The molecule has 0 radical (unpaired) electrons. The largest absolute Gasteiger partial charge is 0.497 e. The smallest absolute Gasteiger partial charge is 0.127 e. The standard InChI is InChI=1S/C17H18N2O2/c1-20-13-7-6-12(17(10-13)21-2)11-19-16-5-3-4-15-14(16)8-9-18-15/h3-10,18-19H,11H2,1-2H3. The highest BCUT2D eigenvalue weighted by atomic mass is 16.5. The molecule has 0 saturated heterocycles. The van der Waals surface area contributed by atoms with E-state index in [1.54, 1.807) is 14.2 Å². The molecule has 0 aliphatic carbocycles. The van der Waals surface area contributed by atoms with E-state index in [2.05, 4.69) is 28.5 Å². The van der Waals surface area contributed by atoms with Gasteiger partial charge in [-0.3, -0.25) is 0 Å². The van der Waals surface area contributed by atoms with Gasteiger partial charge in [0.1, 0.15) is 11.5 Å². The Bertz CT molecular complexity index is 749. The lowest BCUT2D eigenvalue weighted by Crippen LogP contribution is -2.02. The quantitative estimate of drug-likeness (QED) is 0.748. The first-order valence-electron chi connectivity index (χ1n) is 6.82. The zero-order chi connectivity index (χ0) is 14.7. The second kappa shape index (κ2) is 5.79. The molecular weight excluding hydrogens is 264 g/mol. The number of ether oxygens (including phenoxy) is 2. The van der Waals surface area contributed by atoms with Gasteiger partial charge < -0.3 is 19.8 Å². The van der Waals surface area contributed by atoms with E-state index in [-0.39, 0.29) is 0 Å². The van der Waals surface area contributed by atoms with Crippen molar-refractivity contribution < 1.29 is 9.47 Å². The summed E-state index contributed by atoms with van der Waals surface area (Å²) in [6.07, 6.45) is 1.95. The molecule has 21 heavy (non-hydrogen) atoms. The number of rotatable bonds is 5. The Balaban J connectivity index is 1.83. The third-order valence-corrected chi connectivity index (χ3v) is 3.56. The highest BCUT2D eigenvalue weighted by molar-refractivity contribution is 5.91. The van der Waals surface area contributed by atoms with Gasteiger partial charge in [-0.05, 0) is 30.3 Å². The number of methoxy groups -OCH3 is 2. The molecule has 0 fully saturated rings. The van der Waals surface area contributed by atoms with E-state index in [0.717, 1.165) is 28.3 Å². The molecule has 3 rings (SSSR count). The van der Waals surface area contributed by atoms with Gasteiger partial charge >= 0.3 is 0 Å². The molecule has 0 saturated carbocycles. The van der Waals surface area contributed by atoms with Crippen LogP contribution in [0, 0.1) is 0 Å². The van der Waals surface area contributed by atoms with Crippen molar-refractivity contribution in [1.29, 1.82) is 0 Å². The zero-order valence-corrected chi connectivity index (χ0v) is 12.1. The Morgan fingerprint density at radius 1 is 1.05 bits per heavy atom. The van der Waals surface area contributed by atoms with Crippen LogP contribution in [0.15, 0.2) is 48.7 Å². The third-order valence-electron chi connectivity index (χ3n) is 3.56. The zero-order valence-electron chi connectivity index (χ0n) is 12.1. The Kier molecular flexibility index (Phi) is 3.69. The lowest BCUT2D eigenvalue weighted by molar-refractivity contribution is 0.391. The van der Waals surface area contributed by atoms with Gasteiger partial charge in [0, 0.05) is 41.0 Å². The molecule has 0 aliphatic heterocycles. The molecular formula is C17H18N2O2. The molecule has 2 aromatic carbocycles. The molecule has 0 unspecified atom stereocenters. The lowest BCUT2D eigenvalue weighted by atomic mass is 10.1. The van der Waals surface area contributed by atoms with E-state index < -0.39 is 0 Å². The molecule has 0 amide bonds. The maximum atomic E-state index is 5.42. The van der Waals surface area contributed by atoms with Gasteiger partial charge in [-0.15, -0.1) is 0 Å². The number of benzene rings is 2. The molecule has 108 valence electrons. The van der Waals surface area contributed by atoms with Gasteiger partial charge in [-0.25, -0.2) is 0 Å². The van der Waals surface area contributed by atoms with Gasteiger partial charge in [0.25, 0.3) is 0 Å². The van der Waals surface area contributed by atoms with E-state index in [1.807, 2.05) is 30.5 Å². The summed E-state index contributed by atoms with van der Waals surface area (Å²) in [7, 11) is 3.32. The Labute approximate surface area is 123 Å². The highest BCUT2D eigenvalue weighted by Crippen LogP contribution is 2.27. The first-order chi connectivity index (χ1) is 10.3. The fourth-order valence-corrected chi connectivity index (χ4v) is 2.43. The molecule has 4 heteroatoms. The summed E-state index contributed by atoms with van der Waals surface area (Å²) in [5, 5.41) is 4.65. The van der Waals surface area contributed by atoms with E-state index >= 15 is 0 Å². The summed E-state index contributed by atoms with van der Waals surface area (Å²) in [5.74, 6) is 1.62. The number of H-pyrrole nitrogens is 1. The van der Waals surface area contributed by atoms with Crippen molar-refractivity contribution in [3.63, 3.8) is 0 Å². The van der Waals surface area contributed by atoms with Crippen LogP contribution in [0.3, 0.4) is 0 Å². The van der Waals surface area contributed by atoms with Crippen molar-refractivity contribution in [3.8, 4) is 11.5 Å². The summed E-state index contributed by atoms with van der Waals surface area (Å²) in [6, 6.07) is 14.1. The maximum absolute atomic E-state index is 5.42. The van der Waals surface area contributed by atoms with Crippen molar-refractivity contribution in [3.05, 3.63) is 54.2 Å². The Morgan fingerprint density at radius 2 is 1.95 bits per heavy atom. The average Bonchev–Trinajstić information content (AvgIpc) is 3.01. The molecule has 0 spiro atoms. The van der Waals surface area contributed by atoms with Crippen LogP contribution < -0.4 is 14.8 Å². The van der Waals surface area contributed by atoms with Crippen LogP contribution in [0.5, 0.6) is 11.5 Å². The van der Waals surface area contributed by atoms with Crippen LogP contribution in [0.4, 0.5) is 5.69 Å². The van der Waals surface area contributed by atoms with Gasteiger partial charge in [0.15, 0.2) is 0 Å². The number of nitrogens with one attached hydrogen (secondary N) is 2. The van der Waals surface area contributed by atoms with Crippen LogP contribution in [0.25, 0.3) is 10.9 Å². The highest BCUT2D eigenvalue weighted by Gasteiger charge is 2.06. The Morgan fingerprint density at radius 3 is 2.76 bits per heavy atom. The van der Waals surface area contributed by atoms with Crippen LogP contribution in [-0.4, -0.2) is 19.2 Å². The Hall–Kier alpha value is -2.62. The molecule has 3 aromatic rings. The molecule has 0 aliphatic rings. The van der Waals surface area contributed by atoms with Gasteiger partial charge in [-0.1, -0.05) is 6.07 Å². The fraction of sp³-hybridized carbons (Fsp3) is 0.176. The monoisotopic (exact) mass is 282 g/mol. The van der Waals surface area contributed by atoms with Crippen molar-refractivity contribution in [1.82, 2.24) is 4.98 Å². The second-order valence-electron chi connectivity index (χ2n) is 4.78. The summed E-state index contributed by atoms with van der Waals surface area (Å²) in [5.41, 5.74) is 3.32. The number of hydrogen-bond acceptors (Lipinski definition) is 3. The third kappa shape index (κ3) is 2.65. The predicted molar refractivity (Wildman–Crippen MR) is 85.2 cm³/mol. The summed E-state index contributed by atoms with van der Waals surface area (Å²) >= 11 is 0. The van der Waals surface area contributed by atoms with Crippen molar-refractivity contribution in [2.45, 2.75) is 6.54 Å². The topological polar surface area (TPSA) is 46.3 Å².